The molecule has 1 aromatic heterocycles. The first-order valence-electron chi connectivity index (χ1n) is 6.05. The number of anilines is 1. The quantitative estimate of drug-likeness (QED) is 0.855. The highest BCUT2D eigenvalue weighted by atomic mass is 16.1. The van der Waals surface area contributed by atoms with Gasteiger partial charge in [0, 0.05) is 24.7 Å². The molecule has 19 heavy (non-hydrogen) atoms. The Morgan fingerprint density at radius 2 is 2.21 bits per heavy atom. The van der Waals surface area contributed by atoms with Crippen LogP contribution in [0.3, 0.4) is 0 Å². The summed E-state index contributed by atoms with van der Waals surface area (Å²) >= 11 is 0. The van der Waals surface area contributed by atoms with E-state index in [0.717, 1.165) is 17.5 Å². The molecule has 0 spiro atoms. The molecule has 0 aliphatic rings. The van der Waals surface area contributed by atoms with Crippen LogP contribution in [0.5, 0.6) is 0 Å². The number of aldehydes is 1. The fourth-order valence-electron chi connectivity index (χ4n) is 1.88. The summed E-state index contributed by atoms with van der Waals surface area (Å²) < 4.78 is 1.65. The topological polar surface area (TPSA) is 64.0 Å². The van der Waals surface area contributed by atoms with Crippen LogP contribution >= 0.6 is 0 Å². The highest BCUT2D eigenvalue weighted by molar-refractivity contribution is 5.89. The lowest BCUT2D eigenvalue weighted by molar-refractivity contribution is -0.114. The molecule has 1 heterocycles. The average molecular weight is 257 g/mol. The number of nitrogens with one attached hydrogen (secondary N) is 1. The number of carbonyl (C=O) groups excluding carboxylic acids is 2. The molecule has 0 saturated carbocycles. The van der Waals surface area contributed by atoms with Gasteiger partial charge in [0.25, 0.3) is 0 Å². The maximum atomic E-state index is 11.0. The van der Waals surface area contributed by atoms with Gasteiger partial charge in [0.15, 0.2) is 6.29 Å². The molecule has 0 unspecified atom stereocenters. The second-order valence-corrected chi connectivity index (χ2v) is 4.15. The monoisotopic (exact) mass is 257 g/mol. The molecule has 0 bridgehead atoms. The Balaban J connectivity index is 2.38. The summed E-state index contributed by atoms with van der Waals surface area (Å²) in [5, 5.41) is 7.08. The van der Waals surface area contributed by atoms with Crippen LogP contribution in [0.25, 0.3) is 11.3 Å². The zero-order valence-electron chi connectivity index (χ0n) is 10.9. The molecular formula is C14H15N3O2. The molecule has 0 fully saturated rings. The lowest BCUT2D eigenvalue weighted by atomic mass is 10.1. The van der Waals surface area contributed by atoms with Crippen molar-refractivity contribution in [3.63, 3.8) is 0 Å². The fourth-order valence-corrected chi connectivity index (χ4v) is 1.88. The third-order valence-electron chi connectivity index (χ3n) is 2.71. The molecule has 0 aliphatic carbocycles. The number of aryl methyl sites for hydroxylation is 1. The molecule has 0 radical (unpaired) electrons. The minimum absolute atomic E-state index is 0.121. The van der Waals surface area contributed by atoms with Crippen LogP contribution < -0.4 is 5.32 Å². The maximum absolute atomic E-state index is 11.0. The van der Waals surface area contributed by atoms with E-state index in [0.29, 0.717) is 17.9 Å². The van der Waals surface area contributed by atoms with E-state index in [-0.39, 0.29) is 5.91 Å². The van der Waals surface area contributed by atoms with Crippen LogP contribution in [0.1, 0.15) is 24.3 Å². The first-order valence-corrected chi connectivity index (χ1v) is 6.05. The number of hydrogen-bond acceptors (Lipinski definition) is 3. The molecular weight excluding hydrogens is 242 g/mol. The van der Waals surface area contributed by atoms with Crippen molar-refractivity contribution in [3.05, 3.63) is 36.0 Å². The van der Waals surface area contributed by atoms with Crippen molar-refractivity contribution in [3.8, 4) is 11.3 Å². The summed E-state index contributed by atoms with van der Waals surface area (Å²) in [4.78, 5) is 22.0. The Labute approximate surface area is 111 Å². The minimum Gasteiger partial charge on any atom is -0.326 e. The van der Waals surface area contributed by atoms with E-state index in [9.17, 15) is 9.59 Å². The fraction of sp³-hybridized carbons (Fsp3) is 0.214. The lowest BCUT2D eigenvalue weighted by Gasteiger charge is -2.03. The summed E-state index contributed by atoms with van der Waals surface area (Å²) in [6.45, 7) is 4.03. The molecule has 0 atom stereocenters. The number of nitrogens with zero attached hydrogens (tertiary/aromatic N) is 2. The van der Waals surface area contributed by atoms with Gasteiger partial charge in [-0.25, -0.2) is 0 Å². The van der Waals surface area contributed by atoms with E-state index >= 15 is 0 Å². The van der Waals surface area contributed by atoms with E-state index in [4.69, 9.17) is 0 Å². The normalized spacial score (nSPS) is 10.2. The third kappa shape index (κ3) is 2.88. The number of carbonyl (C=O) groups is 2. The summed E-state index contributed by atoms with van der Waals surface area (Å²) in [7, 11) is 0. The first kappa shape index (κ1) is 13.0. The Bertz CT molecular complexity index is 617. The van der Waals surface area contributed by atoms with E-state index < -0.39 is 0 Å². The predicted octanol–water partition coefficient (Wildman–Crippen LogP) is 2.34. The van der Waals surface area contributed by atoms with Crippen LogP contribution in [0.15, 0.2) is 30.3 Å². The molecule has 5 nitrogen and oxygen atoms in total. The van der Waals surface area contributed by atoms with Gasteiger partial charge >= 0.3 is 0 Å². The van der Waals surface area contributed by atoms with Gasteiger partial charge in [-0.1, -0.05) is 12.1 Å². The van der Waals surface area contributed by atoms with Gasteiger partial charge in [-0.2, -0.15) is 5.10 Å². The molecule has 1 N–H and O–H groups in total. The molecule has 5 heteroatoms. The third-order valence-corrected chi connectivity index (χ3v) is 2.71. The number of amides is 1. The average Bonchev–Trinajstić information content (AvgIpc) is 2.81. The van der Waals surface area contributed by atoms with Crippen LogP contribution in [-0.4, -0.2) is 22.0 Å². The molecule has 0 aliphatic heterocycles. The Hall–Kier alpha value is -2.43. The van der Waals surface area contributed by atoms with Crippen molar-refractivity contribution in [1.29, 1.82) is 0 Å². The van der Waals surface area contributed by atoms with Gasteiger partial charge in [-0.3, -0.25) is 14.3 Å². The SMILES string of the molecule is CCn1nc(-c2cccc(NC(C)=O)c2)cc1C=O. The van der Waals surface area contributed by atoms with E-state index in [1.54, 1.807) is 10.7 Å². The van der Waals surface area contributed by atoms with Gasteiger partial charge < -0.3 is 5.32 Å². The number of rotatable bonds is 4. The van der Waals surface area contributed by atoms with Crippen LogP contribution in [0.4, 0.5) is 5.69 Å². The molecule has 98 valence electrons. The number of benzene rings is 1. The predicted molar refractivity (Wildman–Crippen MR) is 73.0 cm³/mol. The van der Waals surface area contributed by atoms with Crippen LogP contribution in [0.2, 0.25) is 0 Å². The van der Waals surface area contributed by atoms with Gasteiger partial charge in [0.05, 0.1) is 5.69 Å². The van der Waals surface area contributed by atoms with Crippen molar-refractivity contribution in [2.75, 3.05) is 5.32 Å². The van der Waals surface area contributed by atoms with Crippen molar-refractivity contribution in [2.24, 2.45) is 0 Å². The van der Waals surface area contributed by atoms with Crippen molar-refractivity contribution in [1.82, 2.24) is 9.78 Å². The second-order valence-electron chi connectivity index (χ2n) is 4.15. The van der Waals surface area contributed by atoms with E-state index in [1.807, 2.05) is 31.2 Å². The Morgan fingerprint density at radius 3 is 2.79 bits per heavy atom. The number of hydrogen-bond donors (Lipinski definition) is 1. The summed E-state index contributed by atoms with van der Waals surface area (Å²) in [5.41, 5.74) is 2.84. The standard InChI is InChI=1S/C14H15N3O2/c1-3-17-13(9-18)8-14(16-17)11-5-4-6-12(7-11)15-10(2)19/h4-9H,3H2,1-2H3,(H,15,19). The zero-order valence-corrected chi connectivity index (χ0v) is 10.9. The molecule has 1 aromatic carbocycles. The van der Waals surface area contributed by atoms with Crippen molar-refractivity contribution in [2.45, 2.75) is 20.4 Å². The highest BCUT2D eigenvalue weighted by Crippen LogP contribution is 2.22. The molecule has 0 saturated heterocycles. The molecule has 2 rings (SSSR count). The largest absolute Gasteiger partial charge is 0.326 e. The van der Waals surface area contributed by atoms with E-state index in [2.05, 4.69) is 10.4 Å². The smallest absolute Gasteiger partial charge is 0.221 e. The second kappa shape index (κ2) is 5.48. The molecule has 1 amide bonds. The summed E-state index contributed by atoms with van der Waals surface area (Å²) in [6.07, 6.45) is 0.789. The highest BCUT2D eigenvalue weighted by Gasteiger charge is 2.08. The first-order chi connectivity index (χ1) is 9.13. The van der Waals surface area contributed by atoms with Gasteiger partial charge in [0.2, 0.25) is 5.91 Å². The zero-order chi connectivity index (χ0) is 13.8. The lowest BCUT2D eigenvalue weighted by Crippen LogP contribution is -2.05. The number of aromatic nitrogens is 2. The maximum Gasteiger partial charge on any atom is 0.221 e. The summed E-state index contributed by atoms with van der Waals surface area (Å²) in [6, 6.07) is 9.11. The van der Waals surface area contributed by atoms with Gasteiger partial charge in [-0.15, -0.1) is 0 Å². The van der Waals surface area contributed by atoms with E-state index in [1.165, 1.54) is 6.92 Å². The van der Waals surface area contributed by atoms with Crippen molar-refractivity contribution >= 4 is 17.9 Å². The minimum atomic E-state index is -0.121. The van der Waals surface area contributed by atoms with Crippen LogP contribution in [-0.2, 0) is 11.3 Å². The van der Waals surface area contributed by atoms with Crippen molar-refractivity contribution < 1.29 is 9.59 Å². The Kier molecular flexibility index (Phi) is 3.75. The van der Waals surface area contributed by atoms with Gasteiger partial charge in [-0.05, 0) is 25.1 Å². The van der Waals surface area contributed by atoms with Crippen LogP contribution in [0, 0.1) is 0 Å². The summed E-state index contributed by atoms with van der Waals surface area (Å²) in [5.74, 6) is -0.121. The Morgan fingerprint density at radius 1 is 1.42 bits per heavy atom. The van der Waals surface area contributed by atoms with Gasteiger partial charge in [0.1, 0.15) is 5.69 Å². The molecule has 2 aromatic rings.